The van der Waals surface area contributed by atoms with Gasteiger partial charge in [-0.1, -0.05) is 44.2 Å². The van der Waals surface area contributed by atoms with Crippen LogP contribution < -0.4 is 0 Å². The summed E-state index contributed by atoms with van der Waals surface area (Å²) in [5.74, 6) is 0.845. The van der Waals surface area contributed by atoms with E-state index in [1.165, 1.54) is 5.39 Å². The lowest BCUT2D eigenvalue weighted by Crippen LogP contribution is -2.49. The molecule has 0 spiro atoms. The Kier molecular flexibility index (Phi) is 4.44. The van der Waals surface area contributed by atoms with Gasteiger partial charge in [-0.15, -0.1) is 0 Å². The SMILES string of the molecule is CC(C)CN1CCN(C(=O)c2ccc3ccccc3c2)CC1. The van der Waals surface area contributed by atoms with Crippen LogP contribution in [0.3, 0.4) is 0 Å². The quantitative estimate of drug-likeness (QED) is 0.868. The molecule has 2 aromatic rings. The Balaban J connectivity index is 1.68. The Labute approximate surface area is 132 Å². The summed E-state index contributed by atoms with van der Waals surface area (Å²) in [5, 5.41) is 2.31. The van der Waals surface area contributed by atoms with Crippen molar-refractivity contribution in [3.8, 4) is 0 Å². The molecule has 0 radical (unpaired) electrons. The summed E-state index contributed by atoms with van der Waals surface area (Å²) < 4.78 is 0. The Bertz CT molecular complexity index is 657. The molecule has 0 atom stereocenters. The zero-order valence-corrected chi connectivity index (χ0v) is 13.5. The first kappa shape index (κ1) is 15.0. The lowest BCUT2D eigenvalue weighted by atomic mass is 10.1. The van der Waals surface area contributed by atoms with Crippen LogP contribution in [0.1, 0.15) is 24.2 Å². The molecule has 1 saturated heterocycles. The van der Waals surface area contributed by atoms with E-state index in [0.29, 0.717) is 5.92 Å². The molecule has 0 saturated carbocycles. The van der Waals surface area contributed by atoms with Gasteiger partial charge in [-0.2, -0.15) is 0 Å². The fourth-order valence-corrected chi connectivity index (χ4v) is 3.15. The highest BCUT2D eigenvalue weighted by Gasteiger charge is 2.22. The minimum Gasteiger partial charge on any atom is -0.336 e. The maximum absolute atomic E-state index is 12.7. The van der Waals surface area contributed by atoms with Gasteiger partial charge in [-0.25, -0.2) is 0 Å². The molecule has 1 amide bonds. The van der Waals surface area contributed by atoms with Gasteiger partial charge in [0.2, 0.25) is 0 Å². The van der Waals surface area contributed by atoms with Crippen LogP contribution in [0.25, 0.3) is 10.8 Å². The first-order valence-electron chi connectivity index (χ1n) is 8.14. The van der Waals surface area contributed by atoms with Crippen molar-refractivity contribution in [1.82, 2.24) is 9.80 Å². The molecule has 116 valence electrons. The van der Waals surface area contributed by atoms with Gasteiger partial charge in [-0.3, -0.25) is 9.69 Å². The molecule has 1 fully saturated rings. The van der Waals surface area contributed by atoms with Crippen molar-refractivity contribution in [2.75, 3.05) is 32.7 Å². The predicted octanol–water partition coefficient (Wildman–Crippen LogP) is 3.25. The van der Waals surface area contributed by atoms with Gasteiger partial charge in [-0.05, 0) is 28.8 Å². The minimum atomic E-state index is 0.162. The van der Waals surface area contributed by atoms with E-state index in [-0.39, 0.29) is 5.91 Å². The van der Waals surface area contributed by atoms with Crippen molar-refractivity contribution in [1.29, 1.82) is 0 Å². The Hall–Kier alpha value is -1.87. The summed E-state index contributed by atoms with van der Waals surface area (Å²) in [6, 6.07) is 14.2. The molecular formula is C19H24N2O. The lowest BCUT2D eigenvalue weighted by molar-refractivity contribution is 0.0624. The number of carbonyl (C=O) groups excluding carboxylic acids is 1. The number of fused-ring (bicyclic) bond motifs is 1. The zero-order chi connectivity index (χ0) is 15.5. The second kappa shape index (κ2) is 6.49. The minimum absolute atomic E-state index is 0.162. The number of hydrogen-bond donors (Lipinski definition) is 0. The number of amides is 1. The average molecular weight is 296 g/mol. The van der Waals surface area contributed by atoms with Crippen molar-refractivity contribution in [3.05, 3.63) is 48.0 Å². The van der Waals surface area contributed by atoms with Crippen LogP contribution in [0.4, 0.5) is 0 Å². The van der Waals surface area contributed by atoms with Crippen molar-refractivity contribution in [2.45, 2.75) is 13.8 Å². The van der Waals surface area contributed by atoms with Gasteiger partial charge in [0, 0.05) is 38.3 Å². The first-order chi connectivity index (χ1) is 10.6. The topological polar surface area (TPSA) is 23.6 Å². The summed E-state index contributed by atoms with van der Waals surface area (Å²) in [7, 11) is 0. The summed E-state index contributed by atoms with van der Waals surface area (Å²) in [4.78, 5) is 17.1. The number of benzene rings is 2. The summed E-state index contributed by atoms with van der Waals surface area (Å²) in [6.45, 7) is 9.24. The molecule has 0 bridgehead atoms. The molecule has 3 rings (SSSR count). The van der Waals surface area contributed by atoms with Crippen LogP contribution in [0, 0.1) is 5.92 Å². The number of piperazine rings is 1. The van der Waals surface area contributed by atoms with Crippen LogP contribution in [0.2, 0.25) is 0 Å². The maximum Gasteiger partial charge on any atom is 0.253 e. The highest BCUT2D eigenvalue weighted by atomic mass is 16.2. The van der Waals surface area contributed by atoms with Gasteiger partial charge in [0.15, 0.2) is 0 Å². The highest BCUT2D eigenvalue weighted by molar-refractivity contribution is 5.98. The molecule has 22 heavy (non-hydrogen) atoms. The normalized spacial score (nSPS) is 16.4. The van der Waals surface area contributed by atoms with Gasteiger partial charge in [0.05, 0.1) is 0 Å². The lowest BCUT2D eigenvalue weighted by Gasteiger charge is -2.35. The van der Waals surface area contributed by atoms with E-state index in [1.807, 2.05) is 35.2 Å². The average Bonchev–Trinajstić information content (AvgIpc) is 2.54. The largest absolute Gasteiger partial charge is 0.336 e. The number of nitrogens with zero attached hydrogens (tertiary/aromatic N) is 2. The van der Waals surface area contributed by atoms with E-state index < -0.39 is 0 Å². The second-order valence-electron chi connectivity index (χ2n) is 6.55. The first-order valence-corrected chi connectivity index (χ1v) is 8.14. The summed E-state index contributed by atoms with van der Waals surface area (Å²) in [6.07, 6.45) is 0. The molecule has 3 nitrogen and oxygen atoms in total. The standard InChI is InChI=1S/C19H24N2O/c1-15(2)14-20-9-11-21(12-10-20)19(22)18-8-7-16-5-3-4-6-17(16)13-18/h3-8,13,15H,9-12,14H2,1-2H3. The van der Waals surface area contributed by atoms with E-state index in [4.69, 9.17) is 0 Å². The Morgan fingerprint density at radius 1 is 1.00 bits per heavy atom. The monoisotopic (exact) mass is 296 g/mol. The van der Waals surface area contributed by atoms with Crippen molar-refractivity contribution in [3.63, 3.8) is 0 Å². The van der Waals surface area contributed by atoms with Crippen molar-refractivity contribution >= 4 is 16.7 Å². The molecule has 1 heterocycles. The number of carbonyl (C=O) groups is 1. The molecular weight excluding hydrogens is 272 g/mol. The third-order valence-electron chi connectivity index (χ3n) is 4.28. The second-order valence-corrected chi connectivity index (χ2v) is 6.55. The van der Waals surface area contributed by atoms with Crippen molar-refractivity contribution < 1.29 is 4.79 Å². The molecule has 0 aliphatic carbocycles. The van der Waals surface area contributed by atoms with E-state index in [1.54, 1.807) is 0 Å². The van der Waals surface area contributed by atoms with Crippen molar-refractivity contribution in [2.24, 2.45) is 5.92 Å². The van der Waals surface area contributed by atoms with Gasteiger partial charge >= 0.3 is 0 Å². The Morgan fingerprint density at radius 2 is 1.68 bits per heavy atom. The molecule has 0 unspecified atom stereocenters. The molecule has 3 heteroatoms. The highest BCUT2D eigenvalue weighted by Crippen LogP contribution is 2.17. The summed E-state index contributed by atoms with van der Waals surface area (Å²) >= 11 is 0. The smallest absolute Gasteiger partial charge is 0.253 e. The fraction of sp³-hybridized carbons (Fsp3) is 0.421. The van der Waals surface area contributed by atoms with E-state index in [9.17, 15) is 4.79 Å². The molecule has 1 aliphatic rings. The predicted molar refractivity (Wildman–Crippen MR) is 91.1 cm³/mol. The van der Waals surface area contributed by atoms with Crippen LogP contribution in [0.15, 0.2) is 42.5 Å². The third-order valence-corrected chi connectivity index (χ3v) is 4.28. The maximum atomic E-state index is 12.7. The molecule has 0 N–H and O–H groups in total. The van der Waals surface area contributed by atoms with Gasteiger partial charge in [0.25, 0.3) is 5.91 Å². The van der Waals surface area contributed by atoms with Crippen LogP contribution in [0.5, 0.6) is 0 Å². The van der Waals surface area contributed by atoms with E-state index in [0.717, 1.165) is 43.7 Å². The number of hydrogen-bond acceptors (Lipinski definition) is 2. The van der Waals surface area contributed by atoms with E-state index in [2.05, 4.69) is 30.9 Å². The van der Waals surface area contributed by atoms with Crippen LogP contribution >= 0.6 is 0 Å². The molecule has 0 aromatic heterocycles. The van der Waals surface area contributed by atoms with Gasteiger partial charge in [0.1, 0.15) is 0 Å². The van der Waals surface area contributed by atoms with E-state index >= 15 is 0 Å². The Morgan fingerprint density at radius 3 is 2.36 bits per heavy atom. The van der Waals surface area contributed by atoms with Gasteiger partial charge < -0.3 is 4.90 Å². The third kappa shape index (κ3) is 3.30. The summed E-state index contributed by atoms with van der Waals surface area (Å²) in [5.41, 5.74) is 0.802. The fourth-order valence-electron chi connectivity index (χ4n) is 3.15. The number of rotatable bonds is 3. The van der Waals surface area contributed by atoms with Crippen LogP contribution in [-0.2, 0) is 0 Å². The van der Waals surface area contributed by atoms with Crippen LogP contribution in [-0.4, -0.2) is 48.4 Å². The molecule has 1 aliphatic heterocycles. The molecule has 2 aromatic carbocycles. The zero-order valence-electron chi connectivity index (χ0n) is 13.5.